The molecule has 0 radical (unpaired) electrons. The number of rotatable bonds is 12. The molecule has 0 saturated carbocycles. The van der Waals surface area contributed by atoms with Crippen LogP contribution in [-0.2, 0) is 39.5 Å². The number of carbonyl (C=O) groups is 2. The number of amides is 2. The van der Waals surface area contributed by atoms with Crippen LogP contribution in [0, 0.1) is 20.8 Å². The van der Waals surface area contributed by atoms with Crippen molar-refractivity contribution < 1.29 is 44.3 Å². The molecule has 2 amide bonds. The maximum atomic E-state index is 13.3. The van der Waals surface area contributed by atoms with Crippen molar-refractivity contribution in [2.45, 2.75) is 35.5 Å². The number of nitrogens with zero attached hydrogens (tertiary/aromatic N) is 1. The van der Waals surface area contributed by atoms with Gasteiger partial charge in [-0.25, -0.2) is 44.3 Å². The van der Waals surface area contributed by atoms with E-state index in [4.69, 9.17) is 9.47 Å². The molecule has 3 rings (SSSR count). The van der Waals surface area contributed by atoms with Gasteiger partial charge in [0.15, 0.2) is 0 Å². The summed E-state index contributed by atoms with van der Waals surface area (Å²) in [7, 11) is -12.7. The van der Waals surface area contributed by atoms with Crippen LogP contribution in [0.1, 0.15) is 16.7 Å². The fraction of sp³-hybridized carbons (Fsp3) is 0.259. The Hall–Kier alpha value is -3.99. The number of benzene rings is 3. The molecule has 2 N–H and O–H groups in total. The molecule has 0 fully saturated rings. The summed E-state index contributed by atoms with van der Waals surface area (Å²) in [6.45, 7) is 3.28. The molecule has 3 aromatic rings. The maximum Gasteiger partial charge on any atom is 0.421 e. The van der Waals surface area contributed by atoms with Gasteiger partial charge < -0.3 is 9.47 Å². The Morgan fingerprint density at radius 2 is 0.860 bits per heavy atom. The number of aryl methyl sites for hydroxylation is 3. The first-order valence-corrected chi connectivity index (χ1v) is 17.1. The van der Waals surface area contributed by atoms with Crippen LogP contribution < -0.4 is 9.44 Å². The van der Waals surface area contributed by atoms with Crippen LogP contribution in [0.5, 0.6) is 0 Å². The molecule has 0 aromatic heterocycles. The van der Waals surface area contributed by atoms with Crippen molar-refractivity contribution in [2.75, 3.05) is 26.3 Å². The molecule has 16 heteroatoms. The molecule has 0 aliphatic heterocycles. The SMILES string of the molecule is Cc1ccc(S(=O)(=O)NC(=O)OCCN(CCOC(=O)NS(=O)(=O)c2ccc(C)cc2)S(=O)(=O)c2ccc(C)cc2)cc1. The molecule has 0 heterocycles. The zero-order valence-electron chi connectivity index (χ0n) is 23.5. The Balaban J connectivity index is 1.64. The average Bonchev–Trinajstić information content (AvgIpc) is 2.92. The first-order chi connectivity index (χ1) is 20.1. The fourth-order valence-electron chi connectivity index (χ4n) is 3.52. The summed E-state index contributed by atoms with van der Waals surface area (Å²) in [5.74, 6) is 0. The highest BCUT2D eigenvalue weighted by molar-refractivity contribution is 7.90. The molecule has 0 unspecified atom stereocenters. The van der Waals surface area contributed by atoms with Gasteiger partial charge in [0.05, 0.1) is 14.7 Å². The van der Waals surface area contributed by atoms with Crippen molar-refractivity contribution in [3.63, 3.8) is 0 Å². The van der Waals surface area contributed by atoms with E-state index in [1.165, 1.54) is 36.4 Å². The van der Waals surface area contributed by atoms with Crippen LogP contribution >= 0.6 is 0 Å². The summed E-state index contributed by atoms with van der Waals surface area (Å²) < 4.78 is 90.4. The van der Waals surface area contributed by atoms with Crippen LogP contribution in [0.4, 0.5) is 9.59 Å². The normalized spacial score (nSPS) is 12.0. The van der Waals surface area contributed by atoms with Gasteiger partial charge >= 0.3 is 12.2 Å². The topological polar surface area (TPSA) is 182 Å². The molecule has 0 aliphatic rings. The van der Waals surface area contributed by atoms with Gasteiger partial charge in [-0.2, -0.15) is 4.31 Å². The van der Waals surface area contributed by atoms with E-state index in [0.29, 0.717) is 0 Å². The standard InChI is InChI=1S/C27H31N3O10S3/c1-20-4-10-23(11-5-20)41(33,34)28-26(31)39-18-16-30(43(37,38)25-14-8-22(3)9-15-25)17-19-40-27(32)29-42(35,36)24-12-6-21(2)7-13-24/h4-15H,16-19H2,1-3H3,(H,28,31)(H,29,32). The summed E-state index contributed by atoms with van der Waals surface area (Å²) in [6.07, 6.45) is -2.66. The first kappa shape index (κ1) is 33.5. The van der Waals surface area contributed by atoms with Gasteiger partial charge in [-0.15, -0.1) is 0 Å². The third-order valence-electron chi connectivity index (χ3n) is 5.90. The molecular formula is C27H31N3O10S3. The van der Waals surface area contributed by atoms with Crippen molar-refractivity contribution in [2.24, 2.45) is 0 Å². The Morgan fingerprint density at radius 3 is 1.19 bits per heavy atom. The molecule has 232 valence electrons. The van der Waals surface area contributed by atoms with Gasteiger partial charge in [-0.3, -0.25) is 0 Å². The number of ether oxygens (including phenoxy) is 2. The minimum absolute atomic E-state index is 0.101. The predicted octanol–water partition coefficient (Wildman–Crippen LogP) is 2.83. The van der Waals surface area contributed by atoms with Gasteiger partial charge in [-0.1, -0.05) is 53.1 Å². The Morgan fingerprint density at radius 1 is 0.558 bits per heavy atom. The number of carbonyl (C=O) groups excluding carboxylic acids is 2. The van der Waals surface area contributed by atoms with Crippen molar-refractivity contribution >= 4 is 42.3 Å². The Bertz CT molecular complexity index is 1660. The quantitative estimate of drug-likeness (QED) is 0.295. The lowest BCUT2D eigenvalue weighted by Gasteiger charge is -2.22. The van der Waals surface area contributed by atoms with Crippen LogP contribution in [-0.4, -0.2) is 68.0 Å². The van der Waals surface area contributed by atoms with E-state index in [-0.39, 0.29) is 14.7 Å². The second-order valence-electron chi connectivity index (χ2n) is 9.33. The molecule has 13 nitrogen and oxygen atoms in total. The molecule has 0 atom stereocenters. The third-order valence-corrected chi connectivity index (χ3v) is 10.5. The third kappa shape index (κ3) is 9.51. The van der Waals surface area contributed by atoms with Gasteiger partial charge in [-0.05, 0) is 57.2 Å². The summed E-state index contributed by atoms with van der Waals surface area (Å²) in [6, 6.07) is 17.3. The van der Waals surface area contributed by atoms with E-state index < -0.39 is 68.6 Å². The highest BCUT2D eigenvalue weighted by Gasteiger charge is 2.26. The highest BCUT2D eigenvalue weighted by Crippen LogP contribution is 2.17. The number of sulfonamides is 3. The van der Waals surface area contributed by atoms with Crippen LogP contribution in [0.15, 0.2) is 87.5 Å². The van der Waals surface area contributed by atoms with E-state index in [0.717, 1.165) is 21.0 Å². The van der Waals surface area contributed by atoms with E-state index >= 15 is 0 Å². The number of hydrogen-bond donors (Lipinski definition) is 2. The molecule has 0 spiro atoms. The zero-order valence-corrected chi connectivity index (χ0v) is 26.0. The van der Waals surface area contributed by atoms with E-state index in [1.807, 2.05) is 0 Å². The number of nitrogens with one attached hydrogen (secondary N) is 2. The minimum atomic E-state index is -4.23. The highest BCUT2D eigenvalue weighted by atomic mass is 32.2. The van der Waals surface area contributed by atoms with Crippen molar-refractivity contribution in [3.05, 3.63) is 89.5 Å². The van der Waals surface area contributed by atoms with E-state index in [9.17, 15) is 34.8 Å². The van der Waals surface area contributed by atoms with Crippen LogP contribution in [0.3, 0.4) is 0 Å². The molecule has 0 aliphatic carbocycles. The average molecular weight is 654 g/mol. The van der Waals surface area contributed by atoms with E-state index in [2.05, 4.69) is 0 Å². The lowest BCUT2D eigenvalue weighted by atomic mass is 10.2. The van der Waals surface area contributed by atoms with Crippen molar-refractivity contribution in [1.82, 2.24) is 13.7 Å². The van der Waals surface area contributed by atoms with Gasteiger partial charge in [0.2, 0.25) is 10.0 Å². The predicted molar refractivity (Wildman–Crippen MR) is 156 cm³/mol. The lowest BCUT2D eigenvalue weighted by Crippen LogP contribution is -2.39. The van der Waals surface area contributed by atoms with Crippen molar-refractivity contribution in [3.8, 4) is 0 Å². The first-order valence-electron chi connectivity index (χ1n) is 12.7. The smallest absolute Gasteiger partial charge is 0.421 e. The number of hydrogen-bond acceptors (Lipinski definition) is 10. The van der Waals surface area contributed by atoms with Crippen molar-refractivity contribution in [1.29, 1.82) is 0 Å². The summed E-state index contributed by atoms with van der Waals surface area (Å²) in [4.78, 5) is 24.0. The largest absolute Gasteiger partial charge is 0.447 e. The van der Waals surface area contributed by atoms with E-state index in [1.54, 1.807) is 66.6 Å². The lowest BCUT2D eigenvalue weighted by molar-refractivity contribution is 0.132. The van der Waals surface area contributed by atoms with Crippen LogP contribution in [0.25, 0.3) is 0 Å². The summed E-state index contributed by atoms with van der Waals surface area (Å²) in [5, 5.41) is 0. The van der Waals surface area contributed by atoms with Gasteiger partial charge in [0, 0.05) is 13.1 Å². The maximum absolute atomic E-state index is 13.3. The Labute approximate surface area is 251 Å². The summed E-state index contributed by atoms with van der Waals surface area (Å²) >= 11 is 0. The molecule has 43 heavy (non-hydrogen) atoms. The second-order valence-corrected chi connectivity index (χ2v) is 14.6. The summed E-state index contributed by atoms with van der Waals surface area (Å²) in [5.41, 5.74) is 2.42. The molecular weight excluding hydrogens is 623 g/mol. The fourth-order valence-corrected chi connectivity index (χ4v) is 6.71. The molecule has 0 bridgehead atoms. The van der Waals surface area contributed by atoms with Gasteiger partial charge in [0.25, 0.3) is 20.0 Å². The van der Waals surface area contributed by atoms with Crippen LogP contribution in [0.2, 0.25) is 0 Å². The van der Waals surface area contributed by atoms with Gasteiger partial charge in [0.1, 0.15) is 13.2 Å². The minimum Gasteiger partial charge on any atom is -0.447 e. The molecule has 0 saturated heterocycles. The monoisotopic (exact) mass is 653 g/mol. The second kappa shape index (κ2) is 14.0. The molecule has 3 aromatic carbocycles. The Kier molecular flexibility index (Phi) is 10.9. The zero-order chi connectivity index (χ0) is 31.8.